The van der Waals surface area contributed by atoms with Gasteiger partial charge in [-0.15, -0.1) is 0 Å². The molecule has 0 aliphatic rings. The van der Waals surface area contributed by atoms with Crippen molar-refractivity contribution >= 4 is 17.9 Å². The summed E-state index contributed by atoms with van der Waals surface area (Å²) in [7, 11) is 0. The average Bonchev–Trinajstić information content (AvgIpc) is 2.13. The van der Waals surface area contributed by atoms with Crippen molar-refractivity contribution in [2.24, 2.45) is 5.73 Å². The van der Waals surface area contributed by atoms with Crippen molar-refractivity contribution in [3.05, 3.63) is 0 Å². The largest absolute Gasteiger partial charge is 0.481 e. The van der Waals surface area contributed by atoms with Crippen LogP contribution in [0.25, 0.3) is 0 Å². The van der Waals surface area contributed by atoms with E-state index >= 15 is 0 Å². The highest BCUT2D eigenvalue weighted by Crippen LogP contribution is 1.98. The Morgan fingerprint density at radius 1 is 0.800 bits per heavy atom. The maximum absolute atomic E-state index is 9.90. The third-order valence-electron chi connectivity index (χ3n) is 1.21. The van der Waals surface area contributed by atoms with E-state index in [4.69, 9.17) is 15.3 Å². The van der Waals surface area contributed by atoms with Crippen LogP contribution in [0.5, 0.6) is 0 Å². The highest BCUT2D eigenvalue weighted by Gasteiger charge is 1.99. The minimum atomic E-state index is -0.968. The minimum absolute atomic E-state index is 0.0628. The number of unbranched alkanes of at least 4 members (excludes halogenated alkanes) is 1. The molecule has 0 aromatic rings. The van der Waals surface area contributed by atoms with Crippen LogP contribution in [0.1, 0.15) is 25.7 Å². The molecule has 0 aromatic heterocycles. The molecule has 0 saturated carbocycles. The molecule has 15 heavy (non-hydrogen) atoms. The normalized spacial score (nSPS) is 8.60. The predicted octanol–water partition coefficient (Wildman–Crippen LogP) is -0.254. The van der Waals surface area contributed by atoms with E-state index in [0.717, 1.165) is 0 Å². The third kappa shape index (κ3) is 24.5. The SMILES string of the molecule is NCC(=O)O.O=C(O)CCCCC(=O)O. The number of aliphatic carboxylic acids is 3. The van der Waals surface area contributed by atoms with Gasteiger partial charge < -0.3 is 21.1 Å². The number of nitrogens with two attached hydrogens (primary N) is 1. The van der Waals surface area contributed by atoms with Crippen LogP contribution in [0.4, 0.5) is 0 Å². The number of carboxylic acids is 3. The summed E-state index contributed by atoms with van der Waals surface area (Å²) in [6.45, 7) is -0.278. The first-order chi connectivity index (χ1) is 6.90. The summed E-state index contributed by atoms with van der Waals surface area (Å²) >= 11 is 0. The van der Waals surface area contributed by atoms with Gasteiger partial charge in [0.05, 0.1) is 6.54 Å². The molecule has 0 rings (SSSR count). The molecule has 0 amide bonds. The van der Waals surface area contributed by atoms with E-state index < -0.39 is 17.9 Å². The van der Waals surface area contributed by atoms with Gasteiger partial charge >= 0.3 is 17.9 Å². The van der Waals surface area contributed by atoms with Gasteiger partial charge in [-0.1, -0.05) is 0 Å². The summed E-state index contributed by atoms with van der Waals surface area (Å²) in [6, 6.07) is 0. The number of hydrogen-bond acceptors (Lipinski definition) is 4. The first-order valence-corrected chi connectivity index (χ1v) is 4.25. The first kappa shape index (κ1) is 15.8. The molecular formula is C8H15NO6. The first-order valence-electron chi connectivity index (χ1n) is 4.25. The van der Waals surface area contributed by atoms with Gasteiger partial charge in [-0.3, -0.25) is 14.4 Å². The monoisotopic (exact) mass is 221 g/mol. The van der Waals surface area contributed by atoms with Crippen molar-refractivity contribution in [1.82, 2.24) is 0 Å². The number of rotatable bonds is 6. The van der Waals surface area contributed by atoms with E-state index in [1.807, 2.05) is 0 Å². The second-order valence-corrected chi connectivity index (χ2v) is 2.59. The third-order valence-corrected chi connectivity index (χ3v) is 1.21. The summed E-state index contributed by atoms with van der Waals surface area (Å²) in [5.41, 5.74) is 4.57. The maximum Gasteiger partial charge on any atom is 0.317 e. The quantitative estimate of drug-likeness (QED) is 0.453. The molecule has 5 N–H and O–H groups in total. The fraction of sp³-hybridized carbons (Fsp3) is 0.625. The van der Waals surface area contributed by atoms with Crippen molar-refractivity contribution in [3.8, 4) is 0 Å². The molecule has 0 aromatic carbocycles. The lowest BCUT2D eigenvalue weighted by Gasteiger charge is -1.92. The lowest BCUT2D eigenvalue weighted by Crippen LogP contribution is -2.10. The zero-order valence-corrected chi connectivity index (χ0v) is 8.18. The second kappa shape index (κ2) is 10.5. The van der Waals surface area contributed by atoms with Crippen molar-refractivity contribution in [3.63, 3.8) is 0 Å². The van der Waals surface area contributed by atoms with Crippen molar-refractivity contribution in [2.45, 2.75) is 25.7 Å². The molecule has 0 heterocycles. The Hall–Kier alpha value is -1.63. The molecule has 7 nitrogen and oxygen atoms in total. The van der Waals surface area contributed by atoms with Crippen LogP contribution in [0, 0.1) is 0 Å². The standard InChI is InChI=1S/C6H10O4.C2H5NO2/c7-5(8)3-1-2-4-6(9)10;3-1-2(4)5/h1-4H2,(H,7,8)(H,9,10);1,3H2,(H,4,5). The van der Waals surface area contributed by atoms with Gasteiger partial charge in [0.2, 0.25) is 0 Å². The predicted molar refractivity (Wildman–Crippen MR) is 50.4 cm³/mol. The van der Waals surface area contributed by atoms with Crippen LogP contribution in [0.2, 0.25) is 0 Å². The number of carbonyl (C=O) groups is 3. The zero-order chi connectivity index (χ0) is 12.3. The molecule has 0 spiro atoms. The Morgan fingerprint density at radius 3 is 1.20 bits per heavy atom. The Bertz CT molecular complexity index is 199. The van der Waals surface area contributed by atoms with Crippen LogP contribution in [-0.2, 0) is 14.4 Å². The van der Waals surface area contributed by atoms with Crippen molar-refractivity contribution in [1.29, 1.82) is 0 Å². The van der Waals surface area contributed by atoms with E-state index in [1.54, 1.807) is 0 Å². The van der Waals surface area contributed by atoms with E-state index in [1.165, 1.54) is 0 Å². The van der Waals surface area contributed by atoms with E-state index in [0.29, 0.717) is 12.8 Å². The Balaban J connectivity index is 0. The molecule has 0 fully saturated rings. The van der Waals surface area contributed by atoms with Gasteiger partial charge in [-0.2, -0.15) is 0 Å². The number of carboxylic acid groups (broad SMARTS) is 3. The number of hydrogen-bond donors (Lipinski definition) is 4. The molecule has 0 aliphatic carbocycles. The highest BCUT2D eigenvalue weighted by molar-refractivity contribution is 5.68. The van der Waals surface area contributed by atoms with Gasteiger partial charge in [-0.25, -0.2) is 0 Å². The summed E-state index contributed by atoms with van der Waals surface area (Å²) < 4.78 is 0. The van der Waals surface area contributed by atoms with Crippen LogP contribution in [0.15, 0.2) is 0 Å². The van der Waals surface area contributed by atoms with Gasteiger partial charge in [-0.05, 0) is 12.8 Å². The molecule has 0 saturated heterocycles. The lowest BCUT2D eigenvalue weighted by atomic mass is 10.2. The van der Waals surface area contributed by atoms with E-state index in [-0.39, 0.29) is 19.4 Å². The van der Waals surface area contributed by atoms with E-state index in [2.05, 4.69) is 5.73 Å². The molecule has 0 bridgehead atoms. The summed E-state index contributed by atoms with van der Waals surface area (Å²) in [5.74, 6) is -2.71. The minimum Gasteiger partial charge on any atom is -0.481 e. The zero-order valence-electron chi connectivity index (χ0n) is 8.18. The average molecular weight is 221 g/mol. The van der Waals surface area contributed by atoms with Gasteiger partial charge in [0, 0.05) is 12.8 Å². The molecular weight excluding hydrogens is 206 g/mol. The van der Waals surface area contributed by atoms with Gasteiger partial charge in [0.25, 0.3) is 0 Å². The van der Waals surface area contributed by atoms with Crippen LogP contribution >= 0.6 is 0 Å². The highest BCUT2D eigenvalue weighted by atomic mass is 16.4. The molecule has 0 atom stereocenters. The summed E-state index contributed by atoms with van der Waals surface area (Å²) in [4.78, 5) is 29.0. The van der Waals surface area contributed by atoms with Gasteiger partial charge in [0.1, 0.15) is 0 Å². The van der Waals surface area contributed by atoms with Crippen LogP contribution in [-0.4, -0.2) is 39.8 Å². The topological polar surface area (TPSA) is 138 Å². The molecule has 0 unspecified atom stereocenters. The fourth-order valence-electron chi connectivity index (χ4n) is 0.552. The lowest BCUT2D eigenvalue weighted by molar-refractivity contribution is -0.139. The van der Waals surface area contributed by atoms with Crippen molar-refractivity contribution in [2.75, 3.05) is 6.54 Å². The fourth-order valence-corrected chi connectivity index (χ4v) is 0.552. The Kier molecular flexibility index (Phi) is 11.0. The van der Waals surface area contributed by atoms with Crippen LogP contribution < -0.4 is 5.73 Å². The molecule has 0 aliphatic heterocycles. The molecule has 7 heteroatoms. The Labute approximate surface area is 86.5 Å². The van der Waals surface area contributed by atoms with E-state index in [9.17, 15) is 14.4 Å². The maximum atomic E-state index is 9.90. The second-order valence-electron chi connectivity index (χ2n) is 2.59. The Morgan fingerprint density at radius 2 is 1.07 bits per heavy atom. The smallest absolute Gasteiger partial charge is 0.317 e. The summed E-state index contributed by atoms with van der Waals surface area (Å²) in [5, 5.41) is 23.9. The van der Waals surface area contributed by atoms with Crippen LogP contribution in [0.3, 0.4) is 0 Å². The molecule has 88 valence electrons. The van der Waals surface area contributed by atoms with Gasteiger partial charge in [0.15, 0.2) is 0 Å². The van der Waals surface area contributed by atoms with Crippen molar-refractivity contribution < 1.29 is 29.7 Å². The summed E-state index contributed by atoms with van der Waals surface area (Å²) in [6.07, 6.45) is 1.02. The molecule has 0 radical (unpaired) electrons.